The zero-order chi connectivity index (χ0) is 11.1. The van der Waals surface area contributed by atoms with Crippen LogP contribution in [0.4, 0.5) is 0 Å². The highest BCUT2D eigenvalue weighted by Crippen LogP contribution is 2.51. The first-order chi connectivity index (χ1) is 7.75. The number of benzene rings is 1. The Kier molecular flexibility index (Phi) is 2.21. The van der Waals surface area contributed by atoms with Gasteiger partial charge in [0.2, 0.25) is 0 Å². The van der Waals surface area contributed by atoms with E-state index in [4.69, 9.17) is 5.11 Å². The van der Waals surface area contributed by atoms with E-state index in [-0.39, 0.29) is 5.92 Å². The van der Waals surface area contributed by atoms with E-state index < -0.39 is 5.97 Å². The van der Waals surface area contributed by atoms with Gasteiger partial charge in [-0.1, -0.05) is 30.3 Å². The minimum absolute atomic E-state index is 0.0491. The highest BCUT2D eigenvalue weighted by molar-refractivity contribution is 5.74. The third kappa shape index (κ3) is 1.61. The highest BCUT2D eigenvalue weighted by Gasteiger charge is 2.59. The molecule has 0 amide bonds. The fourth-order valence-corrected chi connectivity index (χ4v) is 2.95. The second-order valence-electron chi connectivity index (χ2n) is 4.87. The van der Waals surface area contributed by atoms with Crippen molar-refractivity contribution in [2.75, 3.05) is 13.1 Å². The summed E-state index contributed by atoms with van der Waals surface area (Å²) in [4.78, 5) is 13.2. The number of carbonyl (C=O) groups is 1. The van der Waals surface area contributed by atoms with Crippen LogP contribution in [0.3, 0.4) is 0 Å². The second kappa shape index (κ2) is 3.59. The maximum atomic E-state index is 10.8. The lowest BCUT2D eigenvalue weighted by Crippen LogP contribution is -2.25. The third-order valence-corrected chi connectivity index (χ3v) is 3.80. The van der Waals surface area contributed by atoms with Crippen molar-refractivity contribution in [3.05, 3.63) is 35.9 Å². The zero-order valence-electron chi connectivity index (χ0n) is 9.04. The molecule has 3 rings (SSSR count). The van der Waals surface area contributed by atoms with Crippen LogP contribution in [0.25, 0.3) is 0 Å². The molecule has 16 heavy (non-hydrogen) atoms. The molecule has 1 aromatic carbocycles. The molecule has 2 fully saturated rings. The molecule has 1 saturated heterocycles. The van der Waals surface area contributed by atoms with E-state index in [0.29, 0.717) is 11.8 Å². The Labute approximate surface area is 94.7 Å². The molecule has 84 valence electrons. The second-order valence-corrected chi connectivity index (χ2v) is 4.87. The smallest absolute Gasteiger partial charge is 0.307 e. The van der Waals surface area contributed by atoms with Crippen LogP contribution < -0.4 is 0 Å². The number of fused-ring (bicyclic) bond motifs is 1. The van der Waals surface area contributed by atoms with Gasteiger partial charge in [0, 0.05) is 19.6 Å². The van der Waals surface area contributed by atoms with Crippen molar-refractivity contribution in [1.29, 1.82) is 0 Å². The first-order valence-corrected chi connectivity index (χ1v) is 5.75. The molecule has 0 radical (unpaired) electrons. The minimum atomic E-state index is -0.602. The van der Waals surface area contributed by atoms with E-state index in [2.05, 4.69) is 17.0 Å². The Balaban J connectivity index is 1.57. The summed E-state index contributed by atoms with van der Waals surface area (Å²) in [5.41, 5.74) is 1.32. The fourth-order valence-electron chi connectivity index (χ4n) is 2.95. The highest BCUT2D eigenvalue weighted by atomic mass is 16.4. The molecular weight excluding hydrogens is 202 g/mol. The van der Waals surface area contributed by atoms with Gasteiger partial charge in [-0.3, -0.25) is 9.69 Å². The van der Waals surface area contributed by atoms with Gasteiger partial charge in [0.05, 0.1) is 5.92 Å². The number of aliphatic carboxylic acids is 1. The first-order valence-electron chi connectivity index (χ1n) is 5.75. The Morgan fingerprint density at radius 1 is 1.25 bits per heavy atom. The van der Waals surface area contributed by atoms with E-state index in [1.54, 1.807) is 0 Å². The molecule has 3 nitrogen and oxygen atoms in total. The predicted molar refractivity (Wildman–Crippen MR) is 59.8 cm³/mol. The van der Waals surface area contributed by atoms with Crippen LogP contribution >= 0.6 is 0 Å². The number of carboxylic acids is 1. The van der Waals surface area contributed by atoms with Gasteiger partial charge < -0.3 is 5.11 Å². The number of nitrogens with zero attached hydrogens (tertiary/aromatic N) is 1. The van der Waals surface area contributed by atoms with Gasteiger partial charge in [-0.05, 0) is 17.4 Å². The SMILES string of the molecule is O=C(O)[C@H]1[C@@H]2CN(Cc3ccccc3)C[C@@H]21. The molecule has 0 aromatic heterocycles. The van der Waals surface area contributed by atoms with E-state index >= 15 is 0 Å². The van der Waals surface area contributed by atoms with Crippen LogP contribution in [0.2, 0.25) is 0 Å². The standard InChI is InChI=1S/C13H15NO2/c15-13(16)12-10-7-14(8-11(10)12)6-9-4-2-1-3-5-9/h1-5,10-12H,6-8H2,(H,15,16)/t10-,11+,12+. The monoisotopic (exact) mass is 217 g/mol. The molecular formula is C13H15NO2. The summed E-state index contributed by atoms with van der Waals surface area (Å²) in [5, 5.41) is 8.92. The Morgan fingerprint density at radius 2 is 1.88 bits per heavy atom. The van der Waals surface area contributed by atoms with Crippen molar-refractivity contribution in [3.63, 3.8) is 0 Å². The minimum Gasteiger partial charge on any atom is -0.481 e. The molecule has 3 heteroatoms. The van der Waals surface area contributed by atoms with Gasteiger partial charge >= 0.3 is 5.97 Å². The largest absolute Gasteiger partial charge is 0.481 e. The van der Waals surface area contributed by atoms with E-state index in [0.717, 1.165) is 19.6 Å². The van der Waals surface area contributed by atoms with Crippen molar-refractivity contribution in [3.8, 4) is 0 Å². The first kappa shape index (κ1) is 9.85. The molecule has 1 saturated carbocycles. The molecule has 1 heterocycles. The number of hydrogen-bond donors (Lipinski definition) is 1. The molecule has 1 aliphatic heterocycles. The Hall–Kier alpha value is -1.35. The maximum Gasteiger partial charge on any atom is 0.307 e. The quantitative estimate of drug-likeness (QED) is 0.833. The average molecular weight is 217 g/mol. The molecule has 1 aromatic rings. The molecule has 1 aliphatic carbocycles. The lowest BCUT2D eigenvalue weighted by Gasteiger charge is -2.18. The predicted octanol–water partition coefficient (Wildman–Crippen LogP) is 1.45. The van der Waals surface area contributed by atoms with Gasteiger partial charge in [-0.25, -0.2) is 0 Å². The summed E-state index contributed by atoms with van der Waals surface area (Å²) in [6, 6.07) is 10.4. The van der Waals surface area contributed by atoms with E-state index in [1.807, 2.05) is 18.2 Å². The average Bonchev–Trinajstić information content (AvgIpc) is 2.79. The Morgan fingerprint density at radius 3 is 2.44 bits per heavy atom. The normalized spacial score (nSPS) is 32.4. The lowest BCUT2D eigenvalue weighted by molar-refractivity contribution is -0.139. The summed E-state index contributed by atoms with van der Waals surface area (Å²) < 4.78 is 0. The van der Waals surface area contributed by atoms with Crippen LogP contribution in [0.1, 0.15) is 5.56 Å². The topological polar surface area (TPSA) is 40.5 Å². The van der Waals surface area contributed by atoms with Crippen molar-refractivity contribution < 1.29 is 9.90 Å². The van der Waals surface area contributed by atoms with Crippen LogP contribution in [-0.4, -0.2) is 29.1 Å². The van der Waals surface area contributed by atoms with Crippen LogP contribution in [0.15, 0.2) is 30.3 Å². The number of likely N-dealkylation sites (tertiary alicyclic amines) is 1. The van der Waals surface area contributed by atoms with Gasteiger partial charge in [0.25, 0.3) is 0 Å². The van der Waals surface area contributed by atoms with Crippen LogP contribution in [0, 0.1) is 17.8 Å². The number of piperidine rings is 1. The fraction of sp³-hybridized carbons (Fsp3) is 0.462. The number of hydrogen-bond acceptors (Lipinski definition) is 2. The van der Waals surface area contributed by atoms with Gasteiger partial charge in [-0.2, -0.15) is 0 Å². The summed E-state index contributed by atoms with van der Waals surface area (Å²) in [7, 11) is 0. The summed E-state index contributed by atoms with van der Waals surface area (Å²) in [5.74, 6) is 0.184. The van der Waals surface area contributed by atoms with Gasteiger partial charge in [0.1, 0.15) is 0 Å². The van der Waals surface area contributed by atoms with Crippen LogP contribution in [0.5, 0.6) is 0 Å². The molecule has 0 unspecified atom stereocenters. The molecule has 0 bridgehead atoms. The van der Waals surface area contributed by atoms with E-state index in [9.17, 15) is 4.79 Å². The molecule has 0 spiro atoms. The summed E-state index contributed by atoms with van der Waals surface area (Å²) in [6.45, 7) is 2.87. The Bertz CT molecular complexity index is 392. The maximum absolute atomic E-state index is 10.8. The number of rotatable bonds is 3. The molecule has 3 atom stereocenters. The van der Waals surface area contributed by atoms with E-state index in [1.165, 1.54) is 5.56 Å². The summed E-state index contributed by atoms with van der Waals surface area (Å²) in [6.07, 6.45) is 0. The molecule has 1 N–H and O–H groups in total. The van der Waals surface area contributed by atoms with Crippen molar-refractivity contribution >= 4 is 5.97 Å². The summed E-state index contributed by atoms with van der Waals surface area (Å²) >= 11 is 0. The third-order valence-electron chi connectivity index (χ3n) is 3.80. The van der Waals surface area contributed by atoms with Gasteiger partial charge in [0.15, 0.2) is 0 Å². The number of carboxylic acid groups (broad SMARTS) is 1. The van der Waals surface area contributed by atoms with Crippen LogP contribution in [-0.2, 0) is 11.3 Å². The zero-order valence-corrected chi connectivity index (χ0v) is 9.04. The lowest BCUT2D eigenvalue weighted by atomic mass is 10.2. The molecule has 2 aliphatic rings. The van der Waals surface area contributed by atoms with Crippen molar-refractivity contribution in [2.24, 2.45) is 17.8 Å². The van der Waals surface area contributed by atoms with Crippen molar-refractivity contribution in [2.45, 2.75) is 6.54 Å². The van der Waals surface area contributed by atoms with Crippen molar-refractivity contribution in [1.82, 2.24) is 4.90 Å². The van der Waals surface area contributed by atoms with Gasteiger partial charge in [-0.15, -0.1) is 0 Å².